The number of nitrogens with zero attached hydrogens (tertiary/aromatic N) is 2. The van der Waals surface area contributed by atoms with E-state index in [1.165, 1.54) is 0 Å². The van der Waals surface area contributed by atoms with Crippen LogP contribution in [0.4, 0.5) is 5.69 Å². The standard InChI is InChI=1S/C12H13ClN2O/c1-9-11(5-6-16-9)15(2)8-10-3-4-12(13)14-7-10/h3-7H,8H2,1-2H3. The maximum Gasteiger partial charge on any atom is 0.129 e. The summed E-state index contributed by atoms with van der Waals surface area (Å²) < 4.78 is 5.26. The number of aryl methyl sites for hydroxylation is 1. The van der Waals surface area contributed by atoms with Gasteiger partial charge in [-0.15, -0.1) is 0 Å². The molecule has 0 bridgehead atoms. The maximum absolute atomic E-state index is 5.73. The van der Waals surface area contributed by atoms with Gasteiger partial charge in [0.15, 0.2) is 0 Å². The molecule has 2 rings (SSSR count). The monoisotopic (exact) mass is 236 g/mol. The van der Waals surface area contributed by atoms with E-state index in [0.717, 1.165) is 23.6 Å². The van der Waals surface area contributed by atoms with Crippen molar-refractivity contribution in [2.75, 3.05) is 11.9 Å². The van der Waals surface area contributed by atoms with Crippen LogP contribution in [0.15, 0.2) is 35.1 Å². The lowest BCUT2D eigenvalue weighted by atomic mass is 10.2. The van der Waals surface area contributed by atoms with Crippen molar-refractivity contribution in [2.45, 2.75) is 13.5 Å². The molecule has 0 saturated heterocycles. The molecule has 0 fully saturated rings. The molecule has 0 aliphatic rings. The fourth-order valence-corrected chi connectivity index (χ4v) is 1.75. The van der Waals surface area contributed by atoms with E-state index < -0.39 is 0 Å². The highest BCUT2D eigenvalue weighted by Gasteiger charge is 2.07. The van der Waals surface area contributed by atoms with Gasteiger partial charge in [-0.3, -0.25) is 0 Å². The predicted octanol–water partition coefficient (Wildman–Crippen LogP) is 3.27. The van der Waals surface area contributed by atoms with Gasteiger partial charge in [0.2, 0.25) is 0 Å². The summed E-state index contributed by atoms with van der Waals surface area (Å²) in [5.74, 6) is 0.921. The summed E-state index contributed by atoms with van der Waals surface area (Å²) in [5, 5.41) is 0.519. The number of pyridine rings is 1. The average Bonchev–Trinajstić information content (AvgIpc) is 2.68. The van der Waals surface area contributed by atoms with Gasteiger partial charge < -0.3 is 9.32 Å². The molecular weight excluding hydrogens is 224 g/mol. The van der Waals surface area contributed by atoms with E-state index in [2.05, 4.69) is 9.88 Å². The molecule has 0 unspecified atom stereocenters. The molecule has 0 radical (unpaired) electrons. The van der Waals surface area contributed by atoms with Crippen molar-refractivity contribution in [2.24, 2.45) is 0 Å². The van der Waals surface area contributed by atoms with E-state index in [1.54, 1.807) is 18.5 Å². The quantitative estimate of drug-likeness (QED) is 0.766. The third-order valence-corrected chi connectivity index (χ3v) is 2.67. The minimum Gasteiger partial charge on any atom is -0.467 e. The number of hydrogen-bond acceptors (Lipinski definition) is 3. The summed E-state index contributed by atoms with van der Waals surface area (Å²) in [6.45, 7) is 2.73. The third-order valence-electron chi connectivity index (χ3n) is 2.45. The van der Waals surface area contributed by atoms with Crippen LogP contribution in [0.3, 0.4) is 0 Å². The van der Waals surface area contributed by atoms with Gasteiger partial charge in [-0.1, -0.05) is 17.7 Å². The number of aromatic nitrogens is 1. The van der Waals surface area contributed by atoms with Crippen LogP contribution in [0.25, 0.3) is 0 Å². The Morgan fingerprint density at radius 1 is 1.38 bits per heavy atom. The first-order valence-electron chi connectivity index (χ1n) is 5.02. The Balaban J connectivity index is 2.10. The van der Waals surface area contributed by atoms with Crippen molar-refractivity contribution in [1.82, 2.24) is 4.98 Å². The van der Waals surface area contributed by atoms with E-state index in [0.29, 0.717) is 5.15 Å². The van der Waals surface area contributed by atoms with Crippen LogP contribution in [0, 0.1) is 6.92 Å². The summed E-state index contributed by atoms with van der Waals surface area (Å²) in [6, 6.07) is 5.73. The molecule has 84 valence electrons. The molecule has 0 saturated carbocycles. The van der Waals surface area contributed by atoms with Crippen LogP contribution in [-0.2, 0) is 6.54 Å². The summed E-state index contributed by atoms with van der Waals surface area (Å²) in [7, 11) is 2.02. The second kappa shape index (κ2) is 4.58. The van der Waals surface area contributed by atoms with Crippen LogP contribution < -0.4 is 4.90 Å². The van der Waals surface area contributed by atoms with E-state index in [-0.39, 0.29) is 0 Å². The Kier molecular flexibility index (Phi) is 3.15. The van der Waals surface area contributed by atoms with Gasteiger partial charge >= 0.3 is 0 Å². The number of anilines is 1. The van der Waals surface area contributed by atoms with Crippen LogP contribution in [0.2, 0.25) is 5.15 Å². The highest BCUT2D eigenvalue weighted by Crippen LogP contribution is 2.21. The van der Waals surface area contributed by atoms with Crippen LogP contribution >= 0.6 is 11.6 Å². The molecule has 0 amide bonds. The van der Waals surface area contributed by atoms with Gasteiger partial charge in [-0.2, -0.15) is 0 Å². The van der Waals surface area contributed by atoms with Crippen molar-refractivity contribution in [3.63, 3.8) is 0 Å². The average molecular weight is 237 g/mol. The van der Waals surface area contributed by atoms with E-state index in [1.807, 2.05) is 26.1 Å². The van der Waals surface area contributed by atoms with E-state index in [4.69, 9.17) is 16.0 Å². The van der Waals surface area contributed by atoms with Gasteiger partial charge in [-0.25, -0.2) is 4.98 Å². The van der Waals surface area contributed by atoms with Crippen LogP contribution in [0.5, 0.6) is 0 Å². The molecular formula is C12H13ClN2O. The number of hydrogen-bond donors (Lipinski definition) is 0. The van der Waals surface area contributed by atoms with Gasteiger partial charge in [-0.05, 0) is 18.6 Å². The summed E-state index contributed by atoms with van der Waals surface area (Å²) in [6.07, 6.45) is 3.48. The smallest absolute Gasteiger partial charge is 0.129 e. The Labute approximate surface area is 99.7 Å². The molecule has 2 heterocycles. The minimum atomic E-state index is 0.519. The van der Waals surface area contributed by atoms with Gasteiger partial charge in [0.1, 0.15) is 10.9 Å². The highest BCUT2D eigenvalue weighted by molar-refractivity contribution is 6.29. The summed E-state index contributed by atoms with van der Waals surface area (Å²) >= 11 is 5.73. The molecule has 4 heteroatoms. The first kappa shape index (κ1) is 11.0. The molecule has 16 heavy (non-hydrogen) atoms. The minimum absolute atomic E-state index is 0.519. The fraction of sp³-hybridized carbons (Fsp3) is 0.250. The van der Waals surface area contributed by atoms with E-state index >= 15 is 0 Å². The Bertz CT molecular complexity index is 464. The molecule has 0 aliphatic carbocycles. The Morgan fingerprint density at radius 2 is 2.19 bits per heavy atom. The van der Waals surface area contributed by atoms with Gasteiger partial charge in [0, 0.05) is 25.9 Å². The van der Waals surface area contributed by atoms with Crippen molar-refractivity contribution in [3.05, 3.63) is 47.1 Å². The second-order valence-corrected chi connectivity index (χ2v) is 4.09. The SMILES string of the molecule is Cc1occc1N(C)Cc1ccc(Cl)nc1. The van der Waals surface area contributed by atoms with Crippen molar-refractivity contribution < 1.29 is 4.42 Å². The fourth-order valence-electron chi connectivity index (χ4n) is 1.63. The zero-order valence-electron chi connectivity index (χ0n) is 9.27. The first-order valence-corrected chi connectivity index (χ1v) is 5.40. The van der Waals surface area contributed by atoms with Crippen molar-refractivity contribution in [3.8, 4) is 0 Å². The maximum atomic E-state index is 5.73. The number of rotatable bonds is 3. The summed E-state index contributed by atoms with van der Waals surface area (Å²) in [4.78, 5) is 6.17. The molecule has 0 aromatic carbocycles. The predicted molar refractivity (Wildman–Crippen MR) is 64.8 cm³/mol. The number of furan rings is 1. The molecule has 0 spiro atoms. The molecule has 0 N–H and O–H groups in total. The molecule has 2 aromatic heterocycles. The lowest BCUT2D eigenvalue weighted by Crippen LogP contribution is -2.16. The van der Waals surface area contributed by atoms with Crippen LogP contribution in [-0.4, -0.2) is 12.0 Å². The summed E-state index contributed by atoms with van der Waals surface area (Å²) in [5.41, 5.74) is 2.21. The lowest BCUT2D eigenvalue weighted by Gasteiger charge is -2.17. The molecule has 0 aliphatic heterocycles. The Morgan fingerprint density at radius 3 is 2.75 bits per heavy atom. The van der Waals surface area contributed by atoms with Crippen molar-refractivity contribution >= 4 is 17.3 Å². The molecule has 0 atom stereocenters. The zero-order chi connectivity index (χ0) is 11.5. The lowest BCUT2D eigenvalue weighted by molar-refractivity contribution is 0.533. The topological polar surface area (TPSA) is 29.3 Å². The first-order chi connectivity index (χ1) is 7.66. The zero-order valence-corrected chi connectivity index (χ0v) is 10.0. The van der Waals surface area contributed by atoms with E-state index in [9.17, 15) is 0 Å². The van der Waals surface area contributed by atoms with Gasteiger partial charge in [0.25, 0.3) is 0 Å². The Hall–Kier alpha value is -1.48. The van der Waals surface area contributed by atoms with Crippen LogP contribution in [0.1, 0.15) is 11.3 Å². The highest BCUT2D eigenvalue weighted by atomic mass is 35.5. The second-order valence-electron chi connectivity index (χ2n) is 3.71. The largest absolute Gasteiger partial charge is 0.467 e. The molecule has 3 nitrogen and oxygen atoms in total. The molecule has 2 aromatic rings. The third kappa shape index (κ3) is 2.36. The van der Waals surface area contributed by atoms with Crippen molar-refractivity contribution in [1.29, 1.82) is 0 Å². The normalized spacial score (nSPS) is 10.4. The number of halogens is 1. The van der Waals surface area contributed by atoms with Gasteiger partial charge in [0.05, 0.1) is 12.0 Å².